The standard InChI is InChI=1S/C26H30N4O3S/c1-3-18-9-7-8-17(2)23(18)28-24(32)19-10-12-20(13-11-19)27-22(31)16-21-25(33)29-26(34-21)30-14-5-4-6-15-30/h7-13,21H,3-6,14-16H2,1-2H3,(H,27,31)(H,28,32)/t21-/m0/s1. The van der Waals surface area contributed by atoms with Crippen LogP contribution in [0, 0.1) is 6.92 Å². The lowest BCUT2D eigenvalue weighted by Crippen LogP contribution is -2.33. The number of hydrogen-bond acceptors (Lipinski definition) is 5. The number of hydrogen-bond donors (Lipinski definition) is 2. The van der Waals surface area contributed by atoms with Crippen LogP contribution in [0.4, 0.5) is 11.4 Å². The van der Waals surface area contributed by atoms with Gasteiger partial charge in [0, 0.05) is 36.4 Å². The van der Waals surface area contributed by atoms with Crippen molar-refractivity contribution in [2.24, 2.45) is 4.99 Å². The first-order valence-electron chi connectivity index (χ1n) is 11.8. The third kappa shape index (κ3) is 5.67. The summed E-state index contributed by atoms with van der Waals surface area (Å²) in [5.74, 6) is -0.682. The third-order valence-electron chi connectivity index (χ3n) is 6.14. The predicted octanol–water partition coefficient (Wildman–Crippen LogP) is 4.62. The van der Waals surface area contributed by atoms with Crippen LogP contribution in [0.2, 0.25) is 0 Å². The molecule has 2 aromatic carbocycles. The molecule has 0 saturated carbocycles. The average molecular weight is 479 g/mol. The highest BCUT2D eigenvalue weighted by atomic mass is 32.2. The molecule has 4 rings (SSSR count). The number of aryl methyl sites for hydroxylation is 2. The summed E-state index contributed by atoms with van der Waals surface area (Å²) in [6, 6.07) is 12.7. The summed E-state index contributed by atoms with van der Waals surface area (Å²) >= 11 is 1.39. The highest BCUT2D eigenvalue weighted by Crippen LogP contribution is 2.29. The lowest BCUT2D eigenvalue weighted by atomic mass is 10.1. The minimum atomic E-state index is -0.483. The Morgan fingerprint density at radius 1 is 1.06 bits per heavy atom. The number of amidine groups is 1. The zero-order valence-corrected chi connectivity index (χ0v) is 20.4. The van der Waals surface area contributed by atoms with E-state index in [0.717, 1.165) is 54.3 Å². The highest BCUT2D eigenvalue weighted by Gasteiger charge is 2.33. The number of thioether (sulfide) groups is 1. The molecule has 0 aliphatic carbocycles. The van der Waals surface area contributed by atoms with E-state index < -0.39 is 5.25 Å². The molecule has 0 spiro atoms. The van der Waals surface area contributed by atoms with Crippen molar-refractivity contribution in [2.45, 2.75) is 51.2 Å². The molecule has 1 saturated heterocycles. The Balaban J connectivity index is 1.31. The van der Waals surface area contributed by atoms with Crippen molar-refractivity contribution in [3.8, 4) is 0 Å². The van der Waals surface area contributed by atoms with Gasteiger partial charge in [0.1, 0.15) is 5.25 Å². The van der Waals surface area contributed by atoms with Gasteiger partial charge in [0.25, 0.3) is 11.8 Å². The Bertz CT molecular complexity index is 1110. The number of nitrogens with one attached hydrogen (secondary N) is 2. The zero-order valence-electron chi connectivity index (χ0n) is 19.6. The van der Waals surface area contributed by atoms with E-state index in [0.29, 0.717) is 11.3 Å². The molecular weight excluding hydrogens is 448 g/mol. The molecule has 7 nitrogen and oxygen atoms in total. The number of aliphatic imine (C=N–C) groups is 1. The van der Waals surface area contributed by atoms with Gasteiger partial charge in [0.2, 0.25) is 5.91 Å². The van der Waals surface area contributed by atoms with Crippen molar-refractivity contribution in [3.63, 3.8) is 0 Å². The smallest absolute Gasteiger partial charge is 0.262 e. The van der Waals surface area contributed by atoms with E-state index in [1.165, 1.54) is 18.2 Å². The molecule has 2 heterocycles. The Morgan fingerprint density at radius 3 is 2.50 bits per heavy atom. The summed E-state index contributed by atoms with van der Waals surface area (Å²) in [6.07, 6.45) is 4.32. The monoisotopic (exact) mass is 478 g/mol. The lowest BCUT2D eigenvalue weighted by Gasteiger charge is -2.27. The average Bonchev–Trinajstić information content (AvgIpc) is 3.21. The molecule has 0 unspecified atom stereocenters. The summed E-state index contributed by atoms with van der Waals surface area (Å²) < 4.78 is 0. The molecule has 2 aromatic rings. The molecule has 34 heavy (non-hydrogen) atoms. The van der Waals surface area contributed by atoms with Gasteiger partial charge in [-0.1, -0.05) is 36.9 Å². The molecule has 0 bridgehead atoms. The normalized spacial score (nSPS) is 17.9. The number of carbonyl (C=O) groups is 3. The van der Waals surface area contributed by atoms with Gasteiger partial charge in [-0.15, -0.1) is 0 Å². The summed E-state index contributed by atoms with van der Waals surface area (Å²) in [5.41, 5.74) is 4.04. The van der Waals surface area contributed by atoms with E-state index in [-0.39, 0.29) is 24.1 Å². The molecule has 8 heteroatoms. The van der Waals surface area contributed by atoms with Crippen molar-refractivity contribution in [3.05, 3.63) is 59.2 Å². The SMILES string of the molecule is CCc1cccc(C)c1NC(=O)c1ccc(NC(=O)C[C@@H]2SC(N3CCCCC3)=NC2=O)cc1. The number of piperidine rings is 1. The molecule has 2 N–H and O–H groups in total. The van der Waals surface area contributed by atoms with Crippen molar-refractivity contribution >= 4 is 46.0 Å². The van der Waals surface area contributed by atoms with Crippen molar-refractivity contribution in [2.75, 3.05) is 23.7 Å². The van der Waals surface area contributed by atoms with Gasteiger partial charge in [-0.25, -0.2) is 0 Å². The second-order valence-corrected chi connectivity index (χ2v) is 9.80. The van der Waals surface area contributed by atoms with Crippen LogP contribution >= 0.6 is 11.8 Å². The molecular formula is C26H30N4O3S. The Labute approximate surface area is 204 Å². The number of carbonyl (C=O) groups excluding carboxylic acids is 3. The van der Waals surface area contributed by atoms with Gasteiger partial charge in [-0.3, -0.25) is 14.4 Å². The van der Waals surface area contributed by atoms with E-state index in [1.54, 1.807) is 24.3 Å². The molecule has 2 aliphatic heterocycles. The minimum Gasteiger partial charge on any atom is -0.351 e. The fraction of sp³-hybridized carbons (Fsp3) is 0.385. The summed E-state index contributed by atoms with van der Waals surface area (Å²) in [7, 11) is 0. The van der Waals surface area contributed by atoms with Gasteiger partial charge in [-0.05, 0) is 68.0 Å². The second kappa shape index (κ2) is 10.9. The summed E-state index contributed by atoms with van der Waals surface area (Å²) in [4.78, 5) is 43.9. The molecule has 0 radical (unpaired) electrons. The topological polar surface area (TPSA) is 90.9 Å². The zero-order chi connectivity index (χ0) is 24.1. The second-order valence-electron chi connectivity index (χ2n) is 8.63. The first-order valence-corrected chi connectivity index (χ1v) is 12.7. The number of amides is 3. The third-order valence-corrected chi connectivity index (χ3v) is 7.35. The van der Waals surface area contributed by atoms with Crippen LogP contribution in [0.5, 0.6) is 0 Å². The van der Waals surface area contributed by atoms with Crippen LogP contribution in [0.25, 0.3) is 0 Å². The summed E-state index contributed by atoms with van der Waals surface area (Å²) in [6.45, 7) is 5.87. The first kappa shape index (κ1) is 24.0. The fourth-order valence-electron chi connectivity index (χ4n) is 4.20. The van der Waals surface area contributed by atoms with Crippen molar-refractivity contribution < 1.29 is 14.4 Å². The van der Waals surface area contributed by atoms with Crippen molar-refractivity contribution in [1.29, 1.82) is 0 Å². The van der Waals surface area contributed by atoms with E-state index in [4.69, 9.17) is 0 Å². The van der Waals surface area contributed by atoms with Crippen LogP contribution in [0.3, 0.4) is 0 Å². The number of likely N-dealkylation sites (tertiary alicyclic amines) is 1. The molecule has 1 fully saturated rings. The number of benzene rings is 2. The number of rotatable bonds is 6. The first-order chi connectivity index (χ1) is 16.4. The van der Waals surface area contributed by atoms with Gasteiger partial charge < -0.3 is 15.5 Å². The van der Waals surface area contributed by atoms with Gasteiger partial charge in [-0.2, -0.15) is 4.99 Å². The number of anilines is 2. The van der Waals surface area contributed by atoms with Gasteiger partial charge in [0.05, 0.1) is 0 Å². The van der Waals surface area contributed by atoms with E-state index in [1.807, 2.05) is 25.1 Å². The molecule has 178 valence electrons. The lowest BCUT2D eigenvalue weighted by molar-refractivity contribution is -0.121. The Morgan fingerprint density at radius 2 is 1.79 bits per heavy atom. The van der Waals surface area contributed by atoms with Crippen LogP contribution in [0.1, 0.15) is 54.1 Å². The van der Waals surface area contributed by atoms with Crippen LogP contribution in [-0.4, -0.2) is 46.1 Å². The predicted molar refractivity (Wildman–Crippen MR) is 137 cm³/mol. The maximum atomic E-state index is 12.7. The van der Waals surface area contributed by atoms with E-state index >= 15 is 0 Å². The van der Waals surface area contributed by atoms with Gasteiger partial charge in [0.15, 0.2) is 5.17 Å². The maximum absolute atomic E-state index is 12.7. The Kier molecular flexibility index (Phi) is 7.67. The quantitative estimate of drug-likeness (QED) is 0.632. The maximum Gasteiger partial charge on any atom is 0.262 e. The number of nitrogens with zero attached hydrogens (tertiary/aromatic N) is 2. The fourth-order valence-corrected chi connectivity index (χ4v) is 5.32. The summed E-state index contributed by atoms with van der Waals surface area (Å²) in [5, 5.41) is 6.10. The van der Waals surface area contributed by atoms with Gasteiger partial charge >= 0.3 is 0 Å². The number of para-hydroxylation sites is 1. The largest absolute Gasteiger partial charge is 0.351 e. The highest BCUT2D eigenvalue weighted by molar-refractivity contribution is 8.15. The van der Waals surface area contributed by atoms with Crippen LogP contribution in [-0.2, 0) is 16.0 Å². The van der Waals surface area contributed by atoms with Crippen molar-refractivity contribution in [1.82, 2.24) is 4.90 Å². The molecule has 3 amide bonds. The van der Waals surface area contributed by atoms with E-state index in [9.17, 15) is 14.4 Å². The molecule has 1 atom stereocenters. The van der Waals surface area contributed by atoms with Crippen LogP contribution < -0.4 is 10.6 Å². The molecule has 2 aliphatic rings. The Hall–Kier alpha value is -3.13. The minimum absolute atomic E-state index is 0.0691. The van der Waals surface area contributed by atoms with E-state index in [2.05, 4.69) is 27.4 Å². The van der Waals surface area contributed by atoms with Crippen LogP contribution in [0.15, 0.2) is 47.5 Å². The molecule has 0 aromatic heterocycles.